The minimum absolute atomic E-state index is 0.0636. The largest absolute Gasteiger partial charge is 0.463 e. The second-order valence-electron chi connectivity index (χ2n) is 8.50. The zero-order chi connectivity index (χ0) is 25.9. The molecule has 11 heteroatoms. The molecule has 0 aliphatic heterocycles. The normalized spacial score (nSPS) is 13.4. The monoisotopic (exact) mass is 485 g/mol. The molecule has 0 unspecified atom stereocenters. The van der Waals surface area contributed by atoms with Gasteiger partial charge < -0.3 is 24.4 Å². The van der Waals surface area contributed by atoms with Crippen LogP contribution in [0.5, 0.6) is 0 Å². The Morgan fingerprint density at radius 3 is 2.23 bits per heavy atom. The quantitative estimate of drug-likeness (QED) is 0.202. The van der Waals surface area contributed by atoms with Gasteiger partial charge in [0.1, 0.15) is 19.1 Å². The van der Waals surface area contributed by atoms with Gasteiger partial charge in [-0.3, -0.25) is 28.8 Å². The lowest BCUT2D eigenvalue weighted by molar-refractivity contribution is -0.176. The van der Waals surface area contributed by atoms with E-state index in [1.807, 2.05) is 0 Å². The molecule has 1 aromatic heterocycles. The van der Waals surface area contributed by atoms with Gasteiger partial charge in [0.05, 0.1) is 11.0 Å². The van der Waals surface area contributed by atoms with Gasteiger partial charge in [-0.05, 0) is 26.8 Å². The molecule has 1 heterocycles. The first kappa shape index (κ1) is 25.5. The van der Waals surface area contributed by atoms with Crippen molar-refractivity contribution in [1.82, 2.24) is 0 Å². The Bertz CT molecular complexity index is 1170. The van der Waals surface area contributed by atoms with Crippen LogP contribution in [0.25, 0.3) is 0 Å². The van der Waals surface area contributed by atoms with E-state index in [-0.39, 0.29) is 34.8 Å². The van der Waals surface area contributed by atoms with Crippen LogP contribution in [0.15, 0.2) is 34.7 Å². The van der Waals surface area contributed by atoms with Crippen molar-refractivity contribution in [2.24, 2.45) is 11.1 Å². The van der Waals surface area contributed by atoms with Crippen molar-refractivity contribution in [3.8, 4) is 0 Å². The third-order valence-electron chi connectivity index (χ3n) is 5.09. The Kier molecular flexibility index (Phi) is 7.30. The molecule has 0 amide bonds. The van der Waals surface area contributed by atoms with Crippen LogP contribution in [-0.4, -0.2) is 54.7 Å². The Labute approximate surface area is 199 Å². The number of carbonyl (C=O) groups is 6. The van der Waals surface area contributed by atoms with Crippen LogP contribution in [0, 0.1) is 5.41 Å². The van der Waals surface area contributed by atoms with E-state index in [0.717, 1.165) is 6.07 Å². The van der Waals surface area contributed by atoms with Gasteiger partial charge in [0, 0.05) is 11.1 Å². The number of rotatable bonds is 9. The summed E-state index contributed by atoms with van der Waals surface area (Å²) in [5.74, 6) is -5.00. The molecular weight excluding hydrogens is 462 g/mol. The molecule has 0 fully saturated rings. The number of ether oxygens (including phenoxy) is 3. The maximum absolute atomic E-state index is 12.6. The highest BCUT2D eigenvalue weighted by atomic mass is 16.7. The van der Waals surface area contributed by atoms with Gasteiger partial charge in [-0.2, -0.15) is 0 Å². The van der Waals surface area contributed by atoms with Crippen LogP contribution < -0.4 is 5.73 Å². The molecule has 1 aliphatic rings. The van der Waals surface area contributed by atoms with E-state index in [4.69, 9.17) is 24.4 Å². The molecule has 2 N–H and O–H groups in total. The smallest absolute Gasteiger partial charge is 0.322 e. The molecule has 1 aliphatic carbocycles. The van der Waals surface area contributed by atoms with Gasteiger partial charge in [0.25, 0.3) is 0 Å². The van der Waals surface area contributed by atoms with E-state index in [1.165, 1.54) is 32.9 Å². The molecule has 1 atom stereocenters. The van der Waals surface area contributed by atoms with E-state index in [9.17, 15) is 28.8 Å². The molecule has 3 rings (SSSR count). The van der Waals surface area contributed by atoms with E-state index in [0.29, 0.717) is 0 Å². The molecule has 11 nitrogen and oxygen atoms in total. The molecule has 0 saturated carbocycles. The van der Waals surface area contributed by atoms with Crippen LogP contribution in [0.4, 0.5) is 0 Å². The first-order valence-electron chi connectivity index (χ1n) is 10.5. The standard InChI is InChI=1S/C24H23NO10/c1-12(25)22(30)32-10-24(2,3)23(31)34-11-33-18(27)9-16(26)17-8-15-19(28)13-6-4-5-7-14(13)20(29)21(15)35-17/h4-8,12H,9-11,25H2,1-3H3/t12-/m0/s1. The predicted molar refractivity (Wildman–Crippen MR) is 116 cm³/mol. The second-order valence-corrected chi connectivity index (χ2v) is 8.50. The topological polar surface area (TPSA) is 169 Å². The average molecular weight is 485 g/mol. The second kappa shape index (κ2) is 10.0. The van der Waals surface area contributed by atoms with Gasteiger partial charge in [-0.1, -0.05) is 24.3 Å². The number of nitrogens with two attached hydrogens (primary N) is 1. The molecule has 0 radical (unpaired) electrons. The molecule has 2 aromatic rings. The minimum Gasteiger partial charge on any atom is -0.463 e. The van der Waals surface area contributed by atoms with E-state index < -0.39 is 59.9 Å². The number of carbonyl (C=O) groups excluding carboxylic acids is 6. The number of Topliss-reactive ketones (excluding diaryl/α,β-unsaturated/α-hetero) is 1. The average Bonchev–Trinajstić information content (AvgIpc) is 3.27. The first-order valence-corrected chi connectivity index (χ1v) is 10.5. The van der Waals surface area contributed by atoms with Gasteiger partial charge >= 0.3 is 17.9 Å². The molecule has 0 bridgehead atoms. The summed E-state index contributed by atoms with van der Waals surface area (Å²) in [5.41, 5.74) is 4.44. The number of benzene rings is 1. The summed E-state index contributed by atoms with van der Waals surface area (Å²) in [6, 6.07) is 6.44. The van der Waals surface area contributed by atoms with Crippen molar-refractivity contribution in [2.45, 2.75) is 33.2 Å². The summed E-state index contributed by atoms with van der Waals surface area (Å²) in [6.07, 6.45) is -0.783. The van der Waals surface area contributed by atoms with Crippen LogP contribution >= 0.6 is 0 Å². The SMILES string of the molecule is C[C@H](N)C(=O)OCC(C)(C)C(=O)OCOC(=O)CC(=O)c1cc2c(o1)C(=O)c1ccccc1C2=O. The zero-order valence-electron chi connectivity index (χ0n) is 19.2. The Morgan fingerprint density at radius 1 is 0.971 bits per heavy atom. The summed E-state index contributed by atoms with van der Waals surface area (Å²) in [7, 11) is 0. The number of fused-ring (bicyclic) bond motifs is 2. The van der Waals surface area contributed by atoms with Crippen LogP contribution in [0.2, 0.25) is 0 Å². The van der Waals surface area contributed by atoms with Crippen LogP contribution in [0.3, 0.4) is 0 Å². The first-order chi connectivity index (χ1) is 16.4. The predicted octanol–water partition coefficient (Wildman–Crippen LogP) is 1.59. The van der Waals surface area contributed by atoms with Gasteiger partial charge in [-0.15, -0.1) is 0 Å². The van der Waals surface area contributed by atoms with Gasteiger partial charge in [0.2, 0.25) is 18.4 Å². The zero-order valence-corrected chi connectivity index (χ0v) is 19.2. The summed E-state index contributed by atoms with van der Waals surface area (Å²) in [5, 5.41) is 0. The Morgan fingerprint density at radius 2 is 1.60 bits per heavy atom. The van der Waals surface area contributed by atoms with Crippen molar-refractivity contribution in [3.63, 3.8) is 0 Å². The van der Waals surface area contributed by atoms with E-state index in [2.05, 4.69) is 0 Å². The lowest BCUT2D eigenvalue weighted by Gasteiger charge is -2.22. The van der Waals surface area contributed by atoms with Crippen molar-refractivity contribution >= 4 is 35.3 Å². The number of esters is 3. The molecule has 184 valence electrons. The number of hydrogen-bond donors (Lipinski definition) is 1. The van der Waals surface area contributed by atoms with Crippen molar-refractivity contribution < 1.29 is 47.4 Å². The molecule has 1 aromatic carbocycles. The van der Waals surface area contributed by atoms with Crippen LogP contribution in [0.1, 0.15) is 69.8 Å². The highest BCUT2D eigenvalue weighted by Crippen LogP contribution is 2.30. The lowest BCUT2D eigenvalue weighted by atomic mass is 9.88. The number of furan rings is 1. The Hall–Kier alpha value is -4.12. The van der Waals surface area contributed by atoms with Crippen molar-refractivity contribution in [2.75, 3.05) is 13.4 Å². The maximum Gasteiger partial charge on any atom is 0.322 e. The minimum atomic E-state index is -1.24. The number of hydrogen-bond acceptors (Lipinski definition) is 11. The third-order valence-corrected chi connectivity index (χ3v) is 5.09. The van der Waals surface area contributed by atoms with Gasteiger partial charge in [-0.25, -0.2) is 0 Å². The molecule has 0 saturated heterocycles. The van der Waals surface area contributed by atoms with E-state index >= 15 is 0 Å². The third kappa shape index (κ3) is 5.52. The summed E-state index contributed by atoms with van der Waals surface area (Å²) >= 11 is 0. The fourth-order valence-corrected chi connectivity index (χ4v) is 3.07. The highest BCUT2D eigenvalue weighted by Gasteiger charge is 2.35. The van der Waals surface area contributed by atoms with Crippen molar-refractivity contribution in [3.05, 3.63) is 58.5 Å². The number of ketones is 3. The van der Waals surface area contributed by atoms with E-state index in [1.54, 1.807) is 12.1 Å². The summed E-state index contributed by atoms with van der Waals surface area (Å²) in [6.45, 7) is 3.25. The summed E-state index contributed by atoms with van der Waals surface area (Å²) < 4.78 is 19.8. The molecular formula is C24H23NO10. The fourth-order valence-electron chi connectivity index (χ4n) is 3.07. The Balaban J connectivity index is 1.53. The fraction of sp³-hybridized carbons (Fsp3) is 0.333. The van der Waals surface area contributed by atoms with Crippen molar-refractivity contribution in [1.29, 1.82) is 0 Å². The highest BCUT2D eigenvalue weighted by molar-refractivity contribution is 6.28. The van der Waals surface area contributed by atoms with Gasteiger partial charge in [0.15, 0.2) is 17.3 Å². The molecule has 0 spiro atoms. The molecule has 35 heavy (non-hydrogen) atoms. The lowest BCUT2D eigenvalue weighted by Crippen LogP contribution is -2.36. The van der Waals surface area contributed by atoms with Crippen LogP contribution in [-0.2, 0) is 28.6 Å². The maximum atomic E-state index is 12.6. The summed E-state index contributed by atoms with van der Waals surface area (Å²) in [4.78, 5) is 73.2.